The zero-order valence-electron chi connectivity index (χ0n) is 6.66. The highest BCUT2D eigenvalue weighted by Crippen LogP contribution is 2.20. The minimum Gasteiger partial charge on any atom is -0.508 e. The molecular formula is C8H10N2O2. The summed E-state index contributed by atoms with van der Waals surface area (Å²) in [5.41, 5.74) is 5.98. The number of nitrogens with one attached hydrogen (secondary N) is 1. The fraction of sp³-hybridized carbons (Fsp3) is 0.125. The lowest BCUT2D eigenvalue weighted by Gasteiger charge is -2.05. The van der Waals surface area contributed by atoms with Crippen molar-refractivity contribution >= 4 is 11.6 Å². The van der Waals surface area contributed by atoms with Crippen LogP contribution in [0.3, 0.4) is 0 Å². The molecule has 0 aliphatic rings. The predicted octanol–water partition coefficient (Wildman–Crippen LogP) is 0.533. The van der Waals surface area contributed by atoms with E-state index in [1.807, 2.05) is 0 Å². The number of hydrogen-bond acceptors (Lipinski definition) is 3. The second-order valence-electron chi connectivity index (χ2n) is 2.34. The van der Waals surface area contributed by atoms with E-state index in [0.717, 1.165) is 0 Å². The van der Waals surface area contributed by atoms with Crippen molar-refractivity contribution in [3.63, 3.8) is 0 Å². The summed E-state index contributed by atoms with van der Waals surface area (Å²) >= 11 is 0. The molecule has 0 bridgehead atoms. The summed E-state index contributed by atoms with van der Waals surface area (Å²) in [7, 11) is 1.65. The Morgan fingerprint density at radius 1 is 1.58 bits per heavy atom. The van der Waals surface area contributed by atoms with Crippen LogP contribution in [0.4, 0.5) is 5.69 Å². The highest BCUT2D eigenvalue weighted by Gasteiger charge is 2.06. The van der Waals surface area contributed by atoms with Crippen molar-refractivity contribution in [1.82, 2.24) is 0 Å². The minimum atomic E-state index is -0.514. The summed E-state index contributed by atoms with van der Waals surface area (Å²) in [6.07, 6.45) is 0. The van der Waals surface area contributed by atoms with Gasteiger partial charge in [0.25, 0.3) is 5.91 Å². The third-order valence-corrected chi connectivity index (χ3v) is 1.54. The molecule has 0 fully saturated rings. The molecule has 0 heterocycles. The van der Waals surface area contributed by atoms with E-state index in [2.05, 4.69) is 5.32 Å². The molecule has 4 heteroatoms. The maximum atomic E-state index is 10.8. The smallest absolute Gasteiger partial charge is 0.250 e. The molecule has 0 aliphatic carbocycles. The largest absolute Gasteiger partial charge is 0.508 e. The molecule has 64 valence electrons. The summed E-state index contributed by atoms with van der Waals surface area (Å²) in [5.74, 6) is -0.413. The summed E-state index contributed by atoms with van der Waals surface area (Å²) < 4.78 is 0. The molecule has 0 saturated heterocycles. The van der Waals surface area contributed by atoms with Crippen molar-refractivity contribution in [3.8, 4) is 5.75 Å². The van der Waals surface area contributed by atoms with Gasteiger partial charge >= 0.3 is 0 Å². The van der Waals surface area contributed by atoms with Gasteiger partial charge in [-0.3, -0.25) is 4.79 Å². The molecule has 1 amide bonds. The first kappa shape index (κ1) is 8.39. The van der Waals surface area contributed by atoms with Crippen molar-refractivity contribution in [2.75, 3.05) is 12.4 Å². The maximum Gasteiger partial charge on any atom is 0.250 e. The second kappa shape index (κ2) is 3.13. The number of phenolic OH excluding ortho intramolecular Hbond substituents is 1. The van der Waals surface area contributed by atoms with Crippen LogP contribution in [0.25, 0.3) is 0 Å². The molecule has 0 atom stereocenters. The van der Waals surface area contributed by atoms with Crippen molar-refractivity contribution in [2.45, 2.75) is 0 Å². The van der Waals surface area contributed by atoms with Crippen LogP contribution in [-0.2, 0) is 0 Å². The Morgan fingerprint density at radius 3 is 2.75 bits per heavy atom. The standard InChI is InChI=1S/C8H10N2O2/c1-10-7-4-5(11)2-3-6(7)8(9)12/h2-4,10-11H,1H3,(H2,9,12). The number of nitrogens with two attached hydrogens (primary N) is 1. The van der Waals surface area contributed by atoms with Crippen LogP contribution < -0.4 is 11.1 Å². The molecule has 0 saturated carbocycles. The lowest BCUT2D eigenvalue weighted by atomic mass is 10.1. The van der Waals surface area contributed by atoms with Gasteiger partial charge in [0.1, 0.15) is 5.75 Å². The van der Waals surface area contributed by atoms with E-state index in [4.69, 9.17) is 10.8 Å². The van der Waals surface area contributed by atoms with Gasteiger partial charge in [0, 0.05) is 13.1 Å². The highest BCUT2D eigenvalue weighted by molar-refractivity contribution is 5.98. The van der Waals surface area contributed by atoms with Crippen LogP contribution in [0.1, 0.15) is 10.4 Å². The predicted molar refractivity (Wildman–Crippen MR) is 46.2 cm³/mol. The van der Waals surface area contributed by atoms with Gasteiger partial charge in [0.2, 0.25) is 0 Å². The SMILES string of the molecule is CNc1cc(O)ccc1C(N)=O. The Morgan fingerprint density at radius 2 is 2.25 bits per heavy atom. The van der Waals surface area contributed by atoms with E-state index in [9.17, 15) is 4.79 Å². The van der Waals surface area contributed by atoms with Gasteiger partial charge in [-0.1, -0.05) is 0 Å². The molecule has 1 rings (SSSR count). The van der Waals surface area contributed by atoms with E-state index < -0.39 is 5.91 Å². The molecule has 4 N–H and O–H groups in total. The monoisotopic (exact) mass is 166 g/mol. The Balaban J connectivity index is 3.20. The maximum absolute atomic E-state index is 10.8. The van der Waals surface area contributed by atoms with Crippen LogP contribution in [0.2, 0.25) is 0 Å². The molecule has 4 nitrogen and oxygen atoms in total. The number of amides is 1. The van der Waals surface area contributed by atoms with Gasteiger partial charge in [-0.05, 0) is 12.1 Å². The molecule has 0 radical (unpaired) electrons. The van der Waals surface area contributed by atoms with Crippen molar-refractivity contribution in [3.05, 3.63) is 23.8 Å². The number of anilines is 1. The van der Waals surface area contributed by atoms with Crippen molar-refractivity contribution in [1.29, 1.82) is 0 Å². The average molecular weight is 166 g/mol. The quantitative estimate of drug-likeness (QED) is 0.600. The van der Waals surface area contributed by atoms with E-state index in [1.54, 1.807) is 7.05 Å². The van der Waals surface area contributed by atoms with Gasteiger partial charge in [-0.25, -0.2) is 0 Å². The fourth-order valence-electron chi connectivity index (χ4n) is 0.954. The summed E-state index contributed by atoms with van der Waals surface area (Å²) in [5, 5.41) is 11.8. The zero-order valence-corrected chi connectivity index (χ0v) is 6.66. The first-order valence-corrected chi connectivity index (χ1v) is 3.45. The minimum absolute atomic E-state index is 0.101. The first-order valence-electron chi connectivity index (χ1n) is 3.45. The highest BCUT2D eigenvalue weighted by atomic mass is 16.3. The number of carbonyl (C=O) groups is 1. The molecule has 12 heavy (non-hydrogen) atoms. The first-order chi connectivity index (χ1) is 5.65. The third kappa shape index (κ3) is 1.47. The number of hydrogen-bond donors (Lipinski definition) is 3. The van der Waals surface area contributed by atoms with Crippen LogP contribution in [0, 0.1) is 0 Å². The summed E-state index contributed by atoms with van der Waals surface area (Å²) in [6.45, 7) is 0. The zero-order chi connectivity index (χ0) is 9.14. The molecule has 0 aromatic heterocycles. The lowest BCUT2D eigenvalue weighted by molar-refractivity contribution is 0.100. The summed E-state index contributed by atoms with van der Waals surface area (Å²) in [6, 6.07) is 4.34. The number of benzene rings is 1. The van der Waals surface area contributed by atoms with E-state index in [-0.39, 0.29) is 5.75 Å². The van der Waals surface area contributed by atoms with E-state index in [1.165, 1.54) is 18.2 Å². The second-order valence-corrected chi connectivity index (χ2v) is 2.34. The normalized spacial score (nSPS) is 9.42. The number of phenols is 1. The Bertz CT molecular complexity index is 310. The molecule has 1 aromatic carbocycles. The number of rotatable bonds is 2. The Kier molecular flexibility index (Phi) is 2.19. The van der Waals surface area contributed by atoms with Crippen LogP contribution >= 0.6 is 0 Å². The van der Waals surface area contributed by atoms with Gasteiger partial charge < -0.3 is 16.2 Å². The average Bonchev–Trinajstić information content (AvgIpc) is 2.03. The topological polar surface area (TPSA) is 75.3 Å². The lowest BCUT2D eigenvalue weighted by Crippen LogP contribution is -2.13. The van der Waals surface area contributed by atoms with E-state index in [0.29, 0.717) is 11.3 Å². The number of primary amides is 1. The molecule has 0 spiro atoms. The van der Waals surface area contributed by atoms with Gasteiger partial charge in [-0.15, -0.1) is 0 Å². The molecular weight excluding hydrogens is 156 g/mol. The van der Waals surface area contributed by atoms with Crippen molar-refractivity contribution < 1.29 is 9.90 Å². The van der Waals surface area contributed by atoms with Gasteiger partial charge in [-0.2, -0.15) is 0 Å². The van der Waals surface area contributed by atoms with Crippen LogP contribution in [0.15, 0.2) is 18.2 Å². The third-order valence-electron chi connectivity index (χ3n) is 1.54. The van der Waals surface area contributed by atoms with Crippen LogP contribution in [0.5, 0.6) is 5.75 Å². The van der Waals surface area contributed by atoms with E-state index >= 15 is 0 Å². The number of aromatic hydroxyl groups is 1. The van der Waals surface area contributed by atoms with Gasteiger partial charge in [0.05, 0.1) is 11.3 Å². The van der Waals surface area contributed by atoms with Crippen LogP contribution in [-0.4, -0.2) is 18.1 Å². The van der Waals surface area contributed by atoms with Gasteiger partial charge in [0.15, 0.2) is 0 Å². The number of carbonyl (C=O) groups excluding carboxylic acids is 1. The molecule has 0 unspecified atom stereocenters. The summed E-state index contributed by atoms with van der Waals surface area (Å²) in [4.78, 5) is 10.8. The fourth-order valence-corrected chi connectivity index (χ4v) is 0.954. The molecule has 1 aromatic rings. The molecule has 0 aliphatic heterocycles. The Labute approximate surface area is 70.0 Å². The van der Waals surface area contributed by atoms with Crippen molar-refractivity contribution in [2.24, 2.45) is 5.73 Å². The Hall–Kier alpha value is -1.71.